The third-order valence-electron chi connectivity index (χ3n) is 1.79. The molecule has 0 aliphatic carbocycles. The Morgan fingerprint density at radius 3 is 2.93 bits per heavy atom. The van der Waals surface area contributed by atoms with Crippen molar-refractivity contribution in [3.8, 4) is 6.19 Å². The Balaban J connectivity index is 2.67. The molecule has 4 nitrogen and oxygen atoms in total. The first-order chi connectivity index (χ1) is 7.03. The van der Waals surface area contributed by atoms with E-state index in [1.165, 1.54) is 6.26 Å². The summed E-state index contributed by atoms with van der Waals surface area (Å²) in [6.45, 7) is 0. The van der Waals surface area contributed by atoms with Crippen LogP contribution in [0.15, 0.2) is 22.7 Å². The molecule has 0 saturated carbocycles. The predicted molar refractivity (Wildman–Crippen MR) is 59.9 cm³/mol. The zero-order valence-corrected chi connectivity index (χ0v) is 9.75. The molecule has 0 fully saturated rings. The lowest BCUT2D eigenvalue weighted by Gasteiger charge is -2.01. The molecule has 1 aromatic rings. The molecule has 1 atom stereocenters. The van der Waals surface area contributed by atoms with E-state index in [-0.39, 0.29) is 0 Å². The van der Waals surface area contributed by atoms with Gasteiger partial charge in [-0.05, 0) is 18.1 Å². The first-order valence-corrected chi connectivity index (χ1v) is 6.69. The van der Waals surface area contributed by atoms with Gasteiger partial charge in [0.05, 0.1) is 9.73 Å². The van der Waals surface area contributed by atoms with Crippen molar-refractivity contribution in [3.63, 3.8) is 0 Å². The van der Waals surface area contributed by atoms with E-state index >= 15 is 0 Å². The molecule has 0 aromatic carbocycles. The van der Waals surface area contributed by atoms with Crippen molar-refractivity contribution in [1.82, 2.24) is 4.98 Å². The van der Waals surface area contributed by atoms with Gasteiger partial charge in [-0.3, -0.25) is 0 Å². The summed E-state index contributed by atoms with van der Waals surface area (Å²) in [5, 5.41) is 8.74. The fourth-order valence-electron chi connectivity index (χ4n) is 0.994. The molecule has 0 N–H and O–H groups in total. The van der Waals surface area contributed by atoms with Gasteiger partial charge in [0, 0.05) is 18.2 Å². The van der Waals surface area contributed by atoms with Gasteiger partial charge in [-0.25, -0.2) is 9.19 Å². The molecule has 0 bridgehead atoms. The molecule has 1 heterocycles. The van der Waals surface area contributed by atoms with Crippen LogP contribution in [0.2, 0.25) is 5.15 Å². The average Bonchev–Trinajstić information content (AvgIpc) is 2.17. The number of hydrogen-bond acceptors (Lipinski definition) is 4. The van der Waals surface area contributed by atoms with E-state index in [2.05, 4.69) is 9.35 Å². The van der Waals surface area contributed by atoms with Gasteiger partial charge in [0.2, 0.25) is 6.19 Å². The fraction of sp³-hybridized carbons (Fsp3) is 0.333. The van der Waals surface area contributed by atoms with Gasteiger partial charge in [-0.15, -0.1) is 4.36 Å². The van der Waals surface area contributed by atoms with E-state index in [1.54, 1.807) is 18.5 Å². The average molecular weight is 244 g/mol. The number of aromatic nitrogens is 1. The number of aryl methyl sites for hydroxylation is 1. The van der Waals surface area contributed by atoms with E-state index in [0.717, 1.165) is 5.56 Å². The molecule has 0 aliphatic rings. The van der Waals surface area contributed by atoms with Crippen LogP contribution in [-0.4, -0.2) is 21.2 Å². The van der Waals surface area contributed by atoms with Crippen LogP contribution in [0.25, 0.3) is 0 Å². The SMILES string of the molecule is CS(=O)(CCc1ccc(Cl)nc1)=NC#N. The van der Waals surface area contributed by atoms with Crippen molar-refractivity contribution >= 4 is 21.3 Å². The van der Waals surface area contributed by atoms with Crippen LogP contribution in [0.1, 0.15) is 5.56 Å². The molecule has 1 unspecified atom stereocenters. The highest BCUT2D eigenvalue weighted by Crippen LogP contribution is 2.07. The Morgan fingerprint density at radius 2 is 2.40 bits per heavy atom. The summed E-state index contributed by atoms with van der Waals surface area (Å²) in [5.74, 6) is 0.351. The Hall–Kier alpha value is -1.12. The van der Waals surface area contributed by atoms with Crippen molar-refractivity contribution in [2.45, 2.75) is 6.42 Å². The molecule has 1 rings (SSSR count). The quantitative estimate of drug-likeness (QED) is 0.601. The standard InChI is InChI=1S/C9H10ClN3OS/c1-15(14,13-7-11)5-4-8-2-3-9(10)12-6-8/h2-3,6H,4-5H2,1H3. The van der Waals surface area contributed by atoms with E-state index in [4.69, 9.17) is 16.9 Å². The number of rotatable bonds is 3. The lowest BCUT2D eigenvalue weighted by Crippen LogP contribution is -2.05. The first-order valence-electron chi connectivity index (χ1n) is 4.22. The Bertz CT molecular complexity index is 483. The maximum atomic E-state index is 11.6. The van der Waals surface area contributed by atoms with Crippen LogP contribution in [0.3, 0.4) is 0 Å². The van der Waals surface area contributed by atoms with E-state index in [1.807, 2.05) is 6.07 Å². The Morgan fingerprint density at radius 1 is 1.67 bits per heavy atom. The van der Waals surface area contributed by atoms with Crippen molar-refractivity contribution < 1.29 is 4.21 Å². The molecular weight excluding hydrogens is 234 g/mol. The molecule has 80 valence electrons. The van der Waals surface area contributed by atoms with Gasteiger partial charge in [0.1, 0.15) is 5.15 Å². The van der Waals surface area contributed by atoms with Crippen LogP contribution in [0, 0.1) is 11.5 Å². The zero-order chi connectivity index (χ0) is 11.3. The van der Waals surface area contributed by atoms with Gasteiger partial charge in [0.25, 0.3) is 0 Å². The maximum absolute atomic E-state index is 11.6. The Labute approximate surface area is 94.1 Å². The van der Waals surface area contributed by atoms with Crippen LogP contribution in [-0.2, 0) is 16.1 Å². The van der Waals surface area contributed by atoms with Crippen LogP contribution < -0.4 is 0 Å². The van der Waals surface area contributed by atoms with Crippen molar-refractivity contribution in [2.24, 2.45) is 4.36 Å². The van der Waals surface area contributed by atoms with E-state index in [0.29, 0.717) is 17.3 Å². The minimum atomic E-state index is -2.39. The summed E-state index contributed by atoms with van der Waals surface area (Å²) in [6, 6.07) is 3.49. The van der Waals surface area contributed by atoms with Gasteiger partial charge in [0.15, 0.2) is 0 Å². The minimum Gasteiger partial charge on any atom is -0.249 e. The molecule has 15 heavy (non-hydrogen) atoms. The highest BCUT2D eigenvalue weighted by Gasteiger charge is 2.02. The van der Waals surface area contributed by atoms with Crippen LogP contribution >= 0.6 is 11.6 Å². The lowest BCUT2D eigenvalue weighted by molar-refractivity contribution is 0.680. The second kappa shape index (κ2) is 5.10. The van der Waals surface area contributed by atoms with Gasteiger partial charge in [-0.1, -0.05) is 17.7 Å². The molecule has 0 saturated heterocycles. The molecule has 0 radical (unpaired) electrons. The summed E-state index contributed by atoms with van der Waals surface area (Å²) >= 11 is 5.62. The van der Waals surface area contributed by atoms with E-state index in [9.17, 15) is 4.21 Å². The van der Waals surface area contributed by atoms with Crippen LogP contribution in [0.4, 0.5) is 0 Å². The summed E-state index contributed by atoms with van der Waals surface area (Å²) in [7, 11) is -2.39. The maximum Gasteiger partial charge on any atom is 0.214 e. The number of hydrogen-bond donors (Lipinski definition) is 0. The van der Waals surface area contributed by atoms with E-state index < -0.39 is 9.73 Å². The minimum absolute atomic E-state index is 0.351. The summed E-state index contributed by atoms with van der Waals surface area (Å²) in [5.41, 5.74) is 0.933. The first kappa shape index (κ1) is 12.0. The number of nitriles is 1. The van der Waals surface area contributed by atoms with Gasteiger partial charge < -0.3 is 0 Å². The molecule has 1 aromatic heterocycles. The van der Waals surface area contributed by atoms with Crippen molar-refractivity contribution in [1.29, 1.82) is 5.26 Å². The highest BCUT2D eigenvalue weighted by molar-refractivity contribution is 7.93. The predicted octanol–water partition coefficient (Wildman–Crippen LogP) is 1.86. The molecule has 0 spiro atoms. The highest BCUT2D eigenvalue weighted by atomic mass is 35.5. The monoisotopic (exact) mass is 243 g/mol. The summed E-state index contributed by atoms with van der Waals surface area (Å²) in [4.78, 5) is 3.90. The lowest BCUT2D eigenvalue weighted by atomic mass is 10.2. The smallest absolute Gasteiger partial charge is 0.214 e. The number of pyridine rings is 1. The van der Waals surface area contributed by atoms with Crippen molar-refractivity contribution in [2.75, 3.05) is 12.0 Å². The second-order valence-electron chi connectivity index (χ2n) is 3.09. The molecule has 6 heteroatoms. The van der Waals surface area contributed by atoms with Gasteiger partial charge >= 0.3 is 0 Å². The molecular formula is C9H10ClN3OS. The topological polar surface area (TPSA) is 66.1 Å². The summed E-state index contributed by atoms with van der Waals surface area (Å²) < 4.78 is 15.0. The van der Waals surface area contributed by atoms with Crippen molar-refractivity contribution in [3.05, 3.63) is 29.0 Å². The fourth-order valence-corrected chi connectivity index (χ4v) is 1.98. The summed E-state index contributed by atoms with van der Waals surface area (Å²) in [6.07, 6.45) is 5.24. The second-order valence-corrected chi connectivity index (χ2v) is 5.99. The Kier molecular flexibility index (Phi) is 4.06. The number of halogens is 1. The molecule has 0 amide bonds. The zero-order valence-electron chi connectivity index (χ0n) is 8.18. The van der Waals surface area contributed by atoms with Crippen LogP contribution in [0.5, 0.6) is 0 Å². The third kappa shape index (κ3) is 4.28. The largest absolute Gasteiger partial charge is 0.249 e. The molecule has 0 aliphatic heterocycles. The third-order valence-corrected chi connectivity index (χ3v) is 3.45. The number of nitrogens with zero attached hydrogens (tertiary/aromatic N) is 3. The van der Waals surface area contributed by atoms with Gasteiger partial charge in [-0.2, -0.15) is 5.26 Å². The normalized spacial score (nSPS) is 13.9.